The van der Waals surface area contributed by atoms with Gasteiger partial charge < -0.3 is 14.8 Å². The highest BCUT2D eigenvalue weighted by molar-refractivity contribution is 6.34. The molecule has 0 radical (unpaired) electrons. The number of nitrogens with zero attached hydrogens (tertiary/aromatic N) is 1. The van der Waals surface area contributed by atoms with Crippen LogP contribution in [0.4, 0.5) is 5.69 Å². The molecular weight excluding hydrogens is 364 g/mol. The molecule has 2 rings (SSSR count). The Bertz CT molecular complexity index is 872. The van der Waals surface area contributed by atoms with Crippen LogP contribution in [0.1, 0.15) is 25.3 Å². The second kappa shape index (κ2) is 10.2. The minimum absolute atomic E-state index is 0.0420. The summed E-state index contributed by atoms with van der Waals surface area (Å²) in [6.07, 6.45) is 3.44. The number of rotatable bonds is 8. The van der Waals surface area contributed by atoms with Gasteiger partial charge in [-0.2, -0.15) is 5.26 Å². The van der Waals surface area contributed by atoms with E-state index in [0.29, 0.717) is 34.4 Å². The number of hydrogen-bond acceptors (Lipinski definition) is 4. The van der Waals surface area contributed by atoms with Gasteiger partial charge in [0.05, 0.1) is 24.4 Å². The van der Waals surface area contributed by atoms with Gasteiger partial charge in [-0.3, -0.25) is 4.79 Å². The molecule has 0 spiro atoms. The summed E-state index contributed by atoms with van der Waals surface area (Å²) in [4.78, 5) is 12.4. The lowest BCUT2D eigenvalue weighted by Gasteiger charge is -2.11. The lowest BCUT2D eigenvalue weighted by molar-refractivity contribution is -0.112. The molecule has 0 fully saturated rings. The quantitative estimate of drug-likeness (QED) is 0.391. The van der Waals surface area contributed by atoms with Crippen LogP contribution in [-0.2, 0) is 4.79 Å². The Morgan fingerprint density at radius 2 is 2.04 bits per heavy atom. The summed E-state index contributed by atoms with van der Waals surface area (Å²) in [6.45, 7) is 2.65. The van der Waals surface area contributed by atoms with Crippen molar-refractivity contribution in [3.05, 3.63) is 58.6 Å². The third-order valence-corrected chi connectivity index (χ3v) is 4.07. The smallest absolute Gasteiger partial charge is 0.266 e. The number of amides is 1. The number of carbonyl (C=O) groups is 1. The predicted molar refractivity (Wildman–Crippen MR) is 107 cm³/mol. The first-order chi connectivity index (χ1) is 13.1. The number of hydrogen-bond donors (Lipinski definition) is 1. The molecule has 0 heterocycles. The number of methoxy groups -OCH3 is 1. The van der Waals surface area contributed by atoms with Crippen LogP contribution in [0.15, 0.2) is 48.0 Å². The third-order valence-electron chi connectivity index (χ3n) is 3.74. The van der Waals surface area contributed by atoms with E-state index in [1.807, 2.05) is 6.07 Å². The van der Waals surface area contributed by atoms with Gasteiger partial charge in [-0.1, -0.05) is 43.1 Å². The van der Waals surface area contributed by atoms with Crippen LogP contribution in [0.5, 0.6) is 11.5 Å². The Morgan fingerprint density at radius 3 is 2.70 bits per heavy atom. The van der Waals surface area contributed by atoms with E-state index in [-0.39, 0.29) is 5.57 Å². The van der Waals surface area contributed by atoms with Gasteiger partial charge in [0.25, 0.3) is 5.91 Å². The van der Waals surface area contributed by atoms with E-state index in [1.54, 1.807) is 49.6 Å². The molecule has 0 bridgehead atoms. The predicted octanol–water partition coefficient (Wildman–Crippen LogP) is 5.07. The van der Waals surface area contributed by atoms with Crippen molar-refractivity contribution in [2.75, 3.05) is 19.0 Å². The molecule has 1 amide bonds. The maximum atomic E-state index is 12.4. The number of unbranched alkanes of at least 4 members (excludes halogenated alkanes) is 1. The van der Waals surface area contributed by atoms with E-state index in [0.717, 1.165) is 12.8 Å². The Kier molecular flexibility index (Phi) is 7.72. The molecule has 140 valence electrons. The van der Waals surface area contributed by atoms with Crippen molar-refractivity contribution in [1.29, 1.82) is 5.26 Å². The van der Waals surface area contributed by atoms with Gasteiger partial charge in [0.2, 0.25) is 0 Å². The summed E-state index contributed by atoms with van der Waals surface area (Å²) in [6, 6.07) is 14.0. The molecule has 6 heteroatoms. The summed E-state index contributed by atoms with van der Waals surface area (Å²) >= 11 is 6.04. The van der Waals surface area contributed by atoms with Crippen LogP contribution >= 0.6 is 11.6 Å². The molecule has 0 unspecified atom stereocenters. The average Bonchev–Trinajstić information content (AvgIpc) is 2.68. The summed E-state index contributed by atoms with van der Waals surface area (Å²) in [5, 5.41) is 12.4. The van der Waals surface area contributed by atoms with Gasteiger partial charge in [0.15, 0.2) is 11.5 Å². The number of ether oxygens (including phenoxy) is 2. The monoisotopic (exact) mass is 384 g/mol. The van der Waals surface area contributed by atoms with E-state index in [2.05, 4.69) is 12.2 Å². The van der Waals surface area contributed by atoms with Gasteiger partial charge in [-0.15, -0.1) is 0 Å². The Morgan fingerprint density at radius 1 is 1.26 bits per heavy atom. The van der Waals surface area contributed by atoms with Gasteiger partial charge >= 0.3 is 0 Å². The molecule has 27 heavy (non-hydrogen) atoms. The van der Waals surface area contributed by atoms with Gasteiger partial charge in [0, 0.05) is 0 Å². The second-order valence-electron chi connectivity index (χ2n) is 5.72. The maximum Gasteiger partial charge on any atom is 0.266 e. The van der Waals surface area contributed by atoms with Crippen molar-refractivity contribution in [1.82, 2.24) is 0 Å². The number of para-hydroxylation sites is 1. The van der Waals surface area contributed by atoms with Crippen molar-refractivity contribution < 1.29 is 14.3 Å². The zero-order valence-corrected chi connectivity index (χ0v) is 16.0. The van der Waals surface area contributed by atoms with Crippen molar-refractivity contribution in [3.63, 3.8) is 0 Å². The largest absolute Gasteiger partial charge is 0.493 e. The fraction of sp³-hybridized carbons (Fsp3) is 0.238. The Hall–Kier alpha value is -2.97. The minimum Gasteiger partial charge on any atom is -0.493 e. The standard InChI is InChI=1S/C21H21ClN2O3/c1-3-4-11-27-20-13-15(9-10-19(20)26-2)12-16(14-23)21(25)24-18-8-6-5-7-17(18)22/h5-10,12-13H,3-4,11H2,1-2H3,(H,24,25)/b16-12+. The van der Waals surface area contributed by atoms with Gasteiger partial charge in [-0.25, -0.2) is 0 Å². The first-order valence-electron chi connectivity index (χ1n) is 8.57. The Labute approximate surface area is 164 Å². The lowest BCUT2D eigenvalue weighted by Crippen LogP contribution is -2.13. The van der Waals surface area contributed by atoms with E-state index in [4.69, 9.17) is 21.1 Å². The van der Waals surface area contributed by atoms with Crippen LogP contribution in [0.2, 0.25) is 5.02 Å². The fourth-order valence-electron chi connectivity index (χ4n) is 2.29. The highest BCUT2D eigenvalue weighted by Crippen LogP contribution is 2.29. The molecule has 2 aromatic carbocycles. The van der Waals surface area contributed by atoms with Crippen LogP contribution in [0.3, 0.4) is 0 Å². The molecule has 0 aliphatic heterocycles. The highest BCUT2D eigenvalue weighted by atomic mass is 35.5. The van der Waals surface area contributed by atoms with Crippen molar-refractivity contribution in [2.45, 2.75) is 19.8 Å². The molecule has 0 aliphatic carbocycles. The number of benzene rings is 2. The zero-order chi connectivity index (χ0) is 19.6. The van der Waals surface area contributed by atoms with Crippen molar-refractivity contribution in [2.24, 2.45) is 0 Å². The first-order valence-corrected chi connectivity index (χ1v) is 8.95. The molecular formula is C21H21ClN2O3. The van der Waals surface area contributed by atoms with Crippen molar-refractivity contribution in [3.8, 4) is 17.6 Å². The molecule has 0 aliphatic rings. The summed E-state index contributed by atoms with van der Waals surface area (Å²) in [5.74, 6) is 0.639. The molecule has 1 N–H and O–H groups in total. The number of nitrogens with one attached hydrogen (secondary N) is 1. The van der Waals surface area contributed by atoms with Gasteiger partial charge in [-0.05, 0) is 42.3 Å². The molecule has 0 saturated carbocycles. The third kappa shape index (κ3) is 5.77. The summed E-state index contributed by atoms with van der Waals surface area (Å²) in [5.41, 5.74) is 1.07. The first kappa shape index (κ1) is 20.3. The highest BCUT2D eigenvalue weighted by Gasteiger charge is 2.12. The Balaban J connectivity index is 2.23. The van der Waals surface area contributed by atoms with Crippen LogP contribution < -0.4 is 14.8 Å². The molecule has 5 nitrogen and oxygen atoms in total. The average molecular weight is 385 g/mol. The number of halogens is 1. The molecule has 0 saturated heterocycles. The van der Waals surface area contributed by atoms with E-state index in [9.17, 15) is 10.1 Å². The summed E-state index contributed by atoms with van der Waals surface area (Å²) in [7, 11) is 1.56. The lowest BCUT2D eigenvalue weighted by atomic mass is 10.1. The van der Waals surface area contributed by atoms with Crippen LogP contribution in [0, 0.1) is 11.3 Å². The van der Waals surface area contributed by atoms with Crippen molar-refractivity contribution >= 4 is 29.3 Å². The second-order valence-corrected chi connectivity index (χ2v) is 6.12. The molecule has 0 aromatic heterocycles. The van der Waals surface area contributed by atoms with E-state index >= 15 is 0 Å². The zero-order valence-electron chi connectivity index (χ0n) is 15.3. The van der Waals surface area contributed by atoms with Crippen LogP contribution in [-0.4, -0.2) is 19.6 Å². The number of carbonyl (C=O) groups excluding carboxylic acids is 1. The molecule has 0 atom stereocenters. The van der Waals surface area contributed by atoms with Gasteiger partial charge in [0.1, 0.15) is 11.6 Å². The normalized spacial score (nSPS) is 10.8. The van der Waals surface area contributed by atoms with E-state index in [1.165, 1.54) is 6.08 Å². The number of nitriles is 1. The fourth-order valence-corrected chi connectivity index (χ4v) is 2.47. The van der Waals surface area contributed by atoms with Crippen LogP contribution in [0.25, 0.3) is 6.08 Å². The maximum absolute atomic E-state index is 12.4. The topological polar surface area (TPSA) is 71.3 Å². The van der Waals surface area contributed by atoms with E-state index < -0.39 is 5.91 Å². The number of anilines is 1. The summed E-state index contributed by atoms with van der Waals surface area (Å²) < 4.78 is 11.0. The molecule has 2 aromatic rings. The SMILES string of the molecule is CCCCOc1cc(/C=C(\C#N)C(=O)Nc2ccccc2Cl)ccc1OC. The minimum atomic E-state index is -0.533.